The molecule has 0 fully saturated rings. The summed E-state index contributed by atoms with van der Waals surface area (Å²) in [6, 6.07) is 0. The number of ether oxygens (including phenoxy) is 1. The van der Waals surface area contributed by atoms with E-state index in [9.17, 15) is 13.2 Å². The SMILES string of the molecule is COC(=O)CCCS(=O)(=O)Nc1[nH]ncc1N. The average Bonchev–Trinajstić information content (AvgIpc) is 2.63. The first-order valence-electron chi connectivity index (χ1n) is 4.81. The van der Waals surface area contributed by atoms with Crippen molar-refractivity contribution in [2.75, 3.05) is 23.3 Å². The van der Waals surface area contributed by atoms with Crippen molar-refractivity contribution in [3.05, 3.63) is 6.20 Å². The van der Waals surface area contributed by atoms with Crippen molar-refractivity contribution < 1.29 is 17.9 Å². The Morgan fingerprint density at radius 1 is 1.65 bits per heavy atom. The molecule has 8 nitrogen and oxygen atoms in total. The first-order valence-corrected chi connectivity index (χ1v) is 6.46. The first-order chi connectivity index (χ1) is 7.94. The van der Waals surface area contributed by atoms with Crippen LogP contribution in [0.5, 0.6) is 0 Å². The highest BCUT2D eigenvalue weighted by Gasteiger charge is 2.14. The van der Waals surface area contributed by atoms with E-state index in [0.29, 0.717) is 0 Å². The molecule has 0 aliphatic carbocycles. The number of carbonyl (C=O) groups is 1. The number of rotatable bonds is 6. The van der Waals surface area contributed by atoms with Crippen LogP contribution < -0.4 is 10.5 Å². The predicted molar refractivity (Wildman–Crippen MR) is 61.7 cm³/mol. The lowest BCUT2D eigenvalue weighted by atomic mass is 10.3. The second-order valence-electron chi connectivity index (χ2n) is 3.30. The number of sulfonamides is 1. The van der Waals surface area contributed by atoms with E-state index < -0.39 is 16.0 Å². The van der Waals surface area contributed by atoms with Gasteiger partial charge in [-0.15, -0.1) is 0 Å². The molecule has 0 saturated heterocycles. The molecule has 0 aromatic carbocycles. The molecule has 1 rings (SSSR count). The van der Waals surface area contributed by atoms with Gasteiger partial charge in [-0.3, -0.25) is 14.6 Å². The maximum Gasteiger partial charge on any atom is 0.305 e. The van der Waals surface area contributed by atoms with Crippen LogP contribution in [0.3, 0.4) is 0 Å². The molecule has 96 valence electrons. The zero-order valence-corrected chi connectivity index (χ0v) is 10.1. The quantitative estimate of drug-likeness (QED) is 0.603. The Labute approximate surface area is 98.6 Å². The Hall–Kier alpha value is -1.77. The standard InChI is InChI=1S/C8H14N4O4S/c1-16-7(13)3-2-4-17(14,15)12-8-6(9)5-10-11-8/h5H,2-4,9H2,1H3,(H2,10,11,12). The number of nitrogens with one attached hydrogen (secondary N) is 2. The molecule has 0 amide bonds. The van der Waals surface area contributed by atoms with Crippen LogP contribution in [0, 0.1) is 0 Å². The number of aromatic amines is 1. The normalized spacial score (nSPS) is 11.1. The van der Waals surface area contributed by atoms with Crippen LogP contribution in [-0.2, 0) is 19.6 Å². The minimum atomic E-state index is -3.54. The number of methoxy groups -OCH3 is 1. The molecule has 0 spiro atoms. The highest BCUT2D eigenvalue weighted by atomic mass is 32.2. The van der Waals surface area contributed by atoms with Crippen LogP contribution in [-0.4, -0.2) is 37.4 Å². The van der Waals surface area contributed by atoms with Gasteiger partial charge in [0.1, 0.15) is 0 Å². The highest BCUT2D eigenvalue weighted by Crippen LogP contribution is 2.14. The first kappa shape index (κ1) is 13.3. The van der Waals surface area contributed by atoms with Gasteiger partial charge in [0.25, 0.3) is 0 Å². The van der Waals surface area contributed by atoms with Gasteiger partial charge in [-0.2, -0.15) is 5.10 Å². The average molecular weight is 262 g/mol. The summed E-state index contributed by atoms with van der Waals surface area (Å²) >= 11 is 0. The topological polar surface area (TPSA) is 127 Å². The van der Waals surface area contributed by atoms with Gasteiger partial charge < -0.3 is 10.5 Å². The van der Waals surface area contributed by atoms with E-state index in [1.807, 2.05) is 0 Å². The Morgan fingerprint density at radius 3 is 2.88 bits per heavy atom. The Balaban J connectivity index is 2.47. The zero-order valence-electron chi connectivity index (χ0n) is 9.26. The lowest BCUT2D eigenvalue weighted by Crippen LogP contribution is -2.18. The number of aromatic nitrogens is 2. The third kappa shape index (κ3) is 4.31. The van der Waals surface area contributed by atoms with Gasteiger partial charge in [-0.25, -0.2) is 8.42 Å². The van der Waals surface area contributed by atoms with Gasteiger partial charge in [0.05, 0.1) is 24.7 Å². The zero-order chi connectivity index (χ0) is 12.9. The fourth-order valence-corrected chi connectivity index (χ4v) is 2.19. The number of hydrogen-bond donors (Lipinski definition) is 3. The number of H-pyrrole nitrogens is 1. The second-order valence-corrected chi connectivity index (χ2v) is 5.14. The molecule has 17 heavy (non-hydrogen) atoms. The number of anilines is 2. The van der Waals surface area contributed by atoms with Gasteiger partial charge >= 0.3 is 5.97 Å². The summed E-state index contributed by atoms with van der Waals surface area (Å²) in [4.78, 5) is 10.8. The fourth-order valence-electron chi connectivity index (χ4n) is 1.09. The minimum absolute atomic E-state index is 0.0515. The van der Waals surface area contributed by atoms with Gasteiger partial charge in [-0.1, -0.05) is 0 Å². The van der Waals surface area contributed by atoms with Gasteiger partial charge in [0.15, 0.2) is 5.82 Å². The Bertz CT molecular complexity index is 481. The van der Waals surface area contributed by atoms with E-state index in [0.717, 1.165) is 0 Å². The molecule has 0 atom stereocenters. The molecule has 0 bridgehead atoms. The number of nitrogens with two attached hydrogens (primary N) is 1. The summed E-state index contributed by atoms with van der Waals surface area (Å²) in [5.41, 5.74) is 5.66. The molecule has 1 aromatic heterocycles. The van der Waals surface area contributed by atoms with E-state index >= 15 is 0 Å². The van der Waals surface area contributed by atoms with E-state index in [4.69, 9.17) is 5.73 Å². The molecule has 0 aliphatic heterocycles. The molecule has 4 N–H and O–H groups in total. The van der Waals surface area contributed by atoms with Crippen molar-refractivity contribution in [2.45, 2.75) is 12.8 Å². The van der Waals surface area contributed by atoms with Crippen LogP contribution in [0.15, 0.2) is 6.20 Å². The van der Waals surface area contributed by atoms with Crippen LogP contribution in [0.4, 0.5) is 11.5 Å². The molecule has 0 aliphatic rings. The van der Waals surface area contributed by atoms with E-state index in [1.54, 1.807) is 0 Å². The van der Waals surface area contributed by atoms with Gasteiger partial charge in [-0.05, 0) is 6.42 Å². The molecule has 0 radical (unpaired) electrons. The second kappa shape index (κ2) is 5.53. The number of nitrogens with zero attached hydrogens (tertiary/aromatic N) is 1. The molecular formula is C8H14N4O4S. The summed E-state index contributed by atoms with van der Waals surface area (Å²) in [6.45, 7) is 0. The summed E-state index contributed by atoms with van der Waals surface area (Å²) in [5.74, 6) is -0.509. The summed E-state index contributed by atoms with van der Waals surface area (Å²) in [7, 11) is -2.29. The smallest absolute Gasteiger partial charge is 0.305 e. The van der Waals surface area contributed by atoms with Crippen LogP contribution in [0.1, 0.15) is 12.8 Å². The number of carbonyl (C=O) groups excluding carboxylic acids is 1. The number of esters is 1. The third-order valence-corrected chi connectivity index (χ3v) is 3.29. The Kier molecular flexibility index (Phi) is 4.32. The van der Waals surface area contributed by atoms with Crippen molar-refractivity contribution in [1.82, 2.24) is 10.2 Å². The molecule has 0 saturated carbocycles. The lowest BCUT2D eigenvalue weighted by molar-refractivity contribution is -0.140. The summed E-state index contributed by atoms with van der Waals surface area (Å²) < 4.78 is 29.7. The van der Waals surface area contributed by atoms with Crippen molar-refractivity contribution in [2.24, 2.45) is 0 Å². The predicted octanol–water partition coefficient (Wildman–Crippen LogP) is -0.313. The highest BCUT2D eigenvalue weighted by molar-refractivity contribution is 7.92. The van der Waals surface area contributed by atoms with Gasteiger partial charge in [0, 0.05) is 6.42 Å². The van der Waals surface area contributed by atoms with Crippen molar-refractivity contribution >= 4 is 27.5 Å². The Morgan fingerprint density at radius 2 is 2.35 bits per heavy atom. The van der Waals surface area contributed by atoms with Gasteiger partial charge in [0.2, 0.25) is 10.0 Å². The molecule has 0 unspecified atom stereocenters. The van der Waals surface area contributed by atoms with E-state index in [2.05, 4.69) is 19.7 Å². The van der Waals surface area contributed by atoms with Crippen LogP contribution >= 0.6 is 0 Å². The van der Waals surface area contributed by atoms with Crippen LogP contribution in [0.2, 0.25) is 0 Å². The molecule has 1 aromatic rings. The van der Waals surface area contributed by atoms with Crippen LogP contribution in [0.25, 0.3) is 0 Å². The lowest BCUT2D eigenvalue weighted by Gasteiger charge is -2.06. The molecule has 9 heteroatoms. The van der Waals surface area contributed by atoms with E-state index in [-0.39, 0.29) is 30.1 Å². The summed E-state index contributed by atoms with van der Waals surface area (Å²) in [5, 5.41) is 5.99. The fraction of sp³-hybridized carbons (Fsp3) is 0.500. The third-order valence-electron chi connectivity index (χ3n) is 1.95. The van der Waals surface area contributed by atoms with Crippen molar-refractivity contribution in [3.63, 3.8) is 0 Å². The van der Waals surface area contributed by atoms with Crippen molar-refractivity contribution in [3.8, 4) is 0 Å². The molecular weight excluding hydrogens is 248 g/mol. The number of hydrogen-bond acceptors (Lipinski definition) is 6. The maximum atomic E-state index is 11.6. The van der Waals surface area contributed by atoms with Crippen molar-refractivity contribution in [1.29, 1.82) is 0 Å². The largest absolute Gasteiger partial charge is 0.469 e. The maximum absolute atomic E-state index is 11.6. The summed E-state index contributed by atoms with van der Waals surface area (Å²) in [6.07, 6.45) is 1.53. The number of nitrogen functional groups attached to an aromatic ring is 1. The monoisotopic (exact) mass is 262 g/mol. The minimum Gasteiger partial charge on any atom is -0.469 e. The molecule has 1 heterocycles. The van der Waals surface area contributed by atoms with E-state index in [1.165, 1.54) is 13.3 Å².